The number of nitrogens with zero attached hydrogens (tertiary/aromatic N) is 4. The van der Waals surface area contributed by atoms with Gasteiger partial charge in [0.2, 0.25) is 0 Å². The van der Waals surface area contributed by atoms with Crippen LogP contribution < -0.4 is 5.44 Å². The van der Waals surface area contributed by atoms with Gasteiger partial charge in [0.05, 0.1) is 17.3 Å². The Labute approximate surface area is 337 Å². The fraction of sp³-hybridized carbons (Fsp3) is 0.214. The first-order valence-electron chi connectivity index (χ1n) is 16.8. The van der Waals surface area contributed by atoms with Crippen LogP contribution >= 0.6 is 7.92 Å². The van der Waals surface area contributed by atoms with Crippen molar-refractivity contribution in [3.8, 4) is 33.9 Å². The molecular formula is C42H42F3N4O3PPdS-4. The summed E-state index contributed by atoms with van der Waals surface area (Å²) in [4.78, 5) is 0. The minimum absolute atomic E-state index is 0. The van der Waals surface area contributed by atoms with E-state index in [1.165, 1.54) is 5.44 Å². The second-order valence-electron chi connectivity index (χ2n) is 13.9. The van der Waals surface area contributed by atoms with E-state index in [2.05, 4.69) is 142 Å². The standard InChI is InChI=1S/C32H35N4P.C9H7.CHF3O3S.Pd/c1-31(2,3)37(32(4,5)6)27-22-23-33-36(27)30-28(24-16-10-7-11-17-24)34-35(26-20-14-9-15-21-26)29(30)25-18-12-8-13-19-25;1-2-6-9-7-4-3-5-8-9;2-1(3,4)8(5,6)7;/h7-23H,1-6H3;1,3-8H;(H,5,6,7);/q;-3;;/p-1. The van der Waals surface area contributed by atoms with Gasteiger partial charge in [0, 0.05) is 31.5 Å². The summed E-state index contributed by atoms with van der Waals surface area (Å²) in [5, 5.41) is 10.5. The van der Waals surface area contributed by atoms with E-state index >= 15 is 0 Å². The predicted octanol–water partition coefficient (Wildman–Crippen LogP) is 10.2. The third-order valence-electron chi connectivity index (χ3n) is 7.69. The van der Waals surface area contributed by atoms with Crippen LogP contribution in [-0.2, 0) is 30.5 Å². The summed E-state index contributed by atoms with van der Waals surface area (Å²) in [7, 11) is -6.68. The predicted molar refractivity (Wildman–Crippen MR) is 211 cm³/mol. The van der Waals surface area contributed by atoms with Gasteiger partial charge in [-0.1, -0.05) is 139 Å². The van der Waals surface area contributed by atoms with Crippen molar-refractivity contribution < 1.29 is 46.6 Å². The maximum atomic E-state index is 10.7. The Kier molecular flexibility index (Phi) is 15.6. The molecule has 7 nitrogen and oxygen atoms in total. The molecule has 0 aliphatic carbocycles. The van der Waals surface area contributed by atoms with Gasteiger partial charge < -0.3 is 29.2 Å². The summed E-state index contributed by atoms with van der Waals surface area (Å²) in [6.45, 7) is 19.2. The molecule has 0 spiro atoms. The van der Waals surface area contributed by atoms with Crippen molar-refractivity contribution in [2.45, 2.75) is 57.4 Å². The Morgan fingerprint density at radius 1 is 0.709 bits per heavy atom. The van der Waals surface area contributed by atoms with Gasteiger partial charge in [-0.15, -0.1) is 0 Å². The van der Waals surface area contributed by atoms with Gasteiger partial charge in [0.1, 0.15) is 17.1 Å². The zero-order valence-electron chi connectivity index (χ0n) is 31.2. The molecule has 0 saturated heterocycles. The van der Waals surface area contributed by atoms with E-state index in [1.807, 2.05) is 48.7 Å². The van der Waals surface area contributed by atoms with Crippen LogP contribution in [0.5, 0.6) is 0 Å². The molecule has 0 radical (unpaired) electrons. The van der Waals surface area contributed by atoms with Crippen LogP contribution in [0.3, 0.4) is 0 Å². The molecule has 0 aliphatic rings. The van der Waals surface area contributed by atoms with Gasteiger partial charge in [-0.05, 0) is 36.4 Å². The summed E-state index contributed by atoms with van der Waals surface area (Å²) in [6, 6.07) is 43.5. The second kappa shape index (κ2) is 19.0. The third kappa shape index (κ3) is 11.8. The van der Waals surface area contributed by atoms with Crippen molar-refractivity contribution in [3.63, 3.8) is 0 Å². The zero-order chi connectivity index (χ0) is 39.7. The number of allylic oxidation sites excluding steroid dienone is 1. The number of para-hydroxylation sites is 1. The second-order valence-corrected chi connectivity index (χ2v) is 19.1. The Morgan fingerprint density at radius 3 is 1.58 bits per heavy atom. The summed E-state index contributed by atoms with van der Waals surface area (Å²) in [6.07, 6.45) is 6.15. The Bertz CT molecular complexity index is 2190. The van der Waals surface area contributed by atoms with Crippen LogP contribution in [0.25, 0.3) is 33.9 Å². The van der Waals surface area contributed by atoms with E-state index in [9.17, 15) is 13.2 Å². The van der Waals surface area contributed by atoms with E-state index in [0.29, 0.717) is 0 Å². The molecule has 0 amide bonds. The molecule has 0 bridgehead atoms. The first-order valence-corrected chi connectivity index (χ1v) is 19.6. The number of aromatic nitrogens is 4. The van der Waals surface area contributed by atoms with Crippen LogP contribution in [0.1, 0.15) is 47.1 Å². The molecule has 13 heteroatoms. The molecule has 0 saturated carbocycles. The van der Waals surface area contributed by atoms with Crippen LogP contribution in [-0.4, -0.2) is 48.4 Å². The Balaban J connectivity index is 0.000000374. The summed E-state index contributed by atoms with van der Waals surface area (Å²) >= 11 is 0. The minimum atomic E-state index is -6.09. The molecule has 2 aromatic heterocycles. The van der Waals surface area contributed by atoms with E-state index in [-0.39, 0.29) is 30.7 Å². The molecule has 0 fully saturated rings. The van der Waals surface area contributed by atoms with Crippen LogP contribution in [0.15, 0.2) is 134 Å². The van der Waals surface area contributed by atoms with E-state index in [4.69, 9.17) is 29.7 Å². The average molecular weight is 877 g/mol. The van der Waals surface area contributed by atoms with Crippen molar-refractivity contribution in [1.82, 2.24) is 19.6 Å². The third-order valence-corrected chi connectivity index (χ3v) is 11.7. The normalized spacial score (nSPS) is 11.7. The first-order chi connectivity index (χ1) is 25.3. The molecule has 0 unspecified atom stereocenters. The number of rotatable bonds is 7. The van der Waals surface area contributed by atoms with E-state index < -0.39 is 23.5 Å². The van der Waals surface area contributed by atoms with Gasteiger partial charge >= 0.3 is 5.51 Å². The van der Waals surface area contributed by atoms with Gasteiger partial charge in [0.15, 0.2) is 10.1 Å². The summed E-state index contributed by atoms with van der Waals surface area (Å²) in [5.41, 5.74) is 2.87. The maximum Gasteiger partial charge on any atom is 0.485 e. The van der Waals surface area contributed by atoms with Crippen LogP contribution in [0.4, 0.5) is 13.2 Å². The molecule has 0 atom stereocenters. The molecule has 4 aromatic carbocycles. The zero-order valence-corrected chi connectivity index (χ0v) is 34.4. The summed E-state index contributed by atoms with van der Waals surface area (Å²) in [5.74, 6) is 0. The van der Waals surface area contributed by atoms with Gasteiger partial charge in [-0.3, -0.25) is 0 Å². The topological polar surface area (TPSA) is 92.8 Å². The number of alkyl halides is 3. The fourth-order valence-electron chi connectivity index (χ4n) is 5.99. The molecule has 6 aromatic rings. The molecule has 55 heavy (non-hydrogen) atoms. The van der Waals surface area contributed by atoms with Crippen molar-refractivity contribution in [2.24, 2.45) is 0 Å². The van der Waals surface area contributed by atoms with Crippen molar-refractivity contribution in [2.75, 3.05) is 0 Å². The Morgan fingerprint density at radius 2 is 1.15 bits per heavy atom. The number of hydrogen-bond donors (Lipinski definition) is 0. The SMILES string of the molecule is CC(C)(C)P(c1ccnn1-c1c(-c2ccccc2)nn(-c2ccccc2)c1-c1ccccc1)C(C)(C)C.O=S(=O)([O-])C(F)(F)F.[CH-]=[C-][CH-]c1ccccc1.[Pd]. The number of hydrogen-bond acceptors (Lipinski definition) is 5. The monoisotopic (exact) mass is 876 g/mol. The summed E-state index contributed by atoms with van der Waals surface area (Å²) < 4.78 is 63.2. The number of benzene rings is 4. The Hall–Kier alpha value is -4.30. The van der Waals surface area contributed by atoms with Crippen molar-refractivity contribution in [3.05, 3.63) is 158 Å². The smallest absolute Gasteiger partial charge is 0.485 e. The largest absolute Gasteiger partial charge is 0.741 e. The van der Waals surface area contributed by atoms with E-state index in [0.717, 1.165) is 39.5 Å². The first kappa shape index (κ1) is 45.1. The van der Waals surface area contributed by atoms with Crippen molar-refractivity contribution >= 4 is 23.5 Å². The van der Waals surface area contributed by atoms with Crippen LogP contribution in [0, 0.1) is 19.1 Å². The quantitative estimate of drug-likeness (QED) is 0.0524. The molecule has 0 aliphatic heterocycles. The molecule has 294 valence electrons. The molecular weight excluding hydrogens is 835 g/mol. The average Bonchev–Trinajstić information content (AvgIpc) is 3.73. The van der Waals surface area contributed by atoms with Crippen molar-refractivity contribution in [1.29, 1.82) is 0 Å². The van der Waals surface area contributed by atoms with E-state index in [1.54, 1.807) is 6.42 Å². The number of halogens is 3. The van der Waals surface area contributed by atoms with Gasteiger partial charge in [0.25, 0.3) is 0 Å². The van der Waals surface area contributed by atoms with Gasteiger partial charge in [-0.2, -0.15) is 35.5 Å². The molecule has 0 N–H and O–H groups in total. The maximum absolute atomic E-state index is 10.7. The fourth-order valence-corrected chi connectivity index (χ4v) is 9.93. The minimum Gasteiger partial charge on any atom is -0.741 e. The molecule has 6 rings (SSSR count). The van der Waals surface area contributed by atoms with Gasteiger partial charge in [-0.25, -0.2) is 17.8 Å². The van der Waals surface area contributed by atoms with Crippen LogP contribution in [0.2, 0.25) is 0 Å². The molecule has 2 heterocycles.